The molecule has 19 heavy (non-hydrogen) atoms. The molecule has 0 aliphatic rings. The highest BCUT2D eigenvalue weighted by molar-refractivity contribution is 9.10. The minimum absolute atomic E-state index is 0.00601. The molecule has 4 nitrogen and oxygen atoms in total. The number of amides is 1. The summed E-state index contributed by atoms with van der Waals surface area (Å²) in [4.78, 5) is 11.6. The first-order valence-corrected chi connectivity index (χ1v) is 6.85. The van der Waals surface area contributed by atoms with E-state index in [1.54, 1.807) is 6.07 Å². The van der Waals surface area contributed by atoms with Gasteiger partial charge in [-0.05, 0) is 39.0 Å². The van der Waals surface area contributed by atoms with Crippen molar-refractivity contribution in [3.8, 4) is 6.07 Å². The van der Waals surface area contributed by atoms with Gasteiger partial charge in [-0.3, -0.25) is 4.79 Å². The van der Waals surface area contributed by atoms with Gasteiger partial charge in [0.2, 0.25) is 5.91 Å². The van der Waals surface area contributed by atoms with Gasteiger partial charge < -0.3 is 10.6 Å². The van der Waals surface area contributed by atoms with Crippen LogP contribution >= 0.6 is 15.9 Å². The van der Waals surface area contributed by atoms with Gasteiger partial charge in [-0.25, -0.2) is 0 Å². The molecule has 0 heterocycles. The van der Waals surface area contributed by atoms with Crippen LogP contribution in [0.2, 0.25) is 0 Å². The third-order valence-corrected chi connectivity index (χ3v) is 2.78. The standard InChI is InChI=1S/C14H18BrN3O/c1-14(2,3)18-13(19)6-7-17-12-8-11(15)5-4-10(12)9-16/h4-5,8,17H,6-7H2,1-3H3,(H,18,19). The largest absolute Gasteiger partial charge is 0.383 e. The van der Waals surface area contributed by atoms with E-state index < -0.39 is 0 Å². The van der Waals surface area contributed by atoms with Gasteiger partial charge in [-0.15, -0.1) is 0 Å². The summed E-state index contributed by atoms with van der Waals surface area (Å²) in [6.45, 7) is 6.33. The molecular formula is C14H18BrN3O. The summed E-state index contributed by atoms with van der Waals surface area (Å²) in [7, 11) is 0. The van der Waals surface area contributed by atoms with E-state index in [9.17, 15) is 4.79 Å². The smallest absolute Gasteiger partial charge is 0.222 e. The zero-order valence-electron chi connectivity index (χ0n) is 11.4. The Morgan fingerprint density at radius 2 is 2.11 bits per heavy atom. The van der Waals surface area contributed by atoms with Crippen LogP contribution in [0.15, 0.2) is 22.7 Å². The molecule has 1 amide bonds. The molecule has 0 saturated heterocycles. The molecule has 1 aromatic carbocycles. The Balaban J connectivity index is 2.52. The van der Waals surface area contributed by atoms with Crippen molar-refractivity contribution in [3.05, 3.63) is 28.2 Å². The number of halogens is 1. The number of nitrogens with one attached hydrogen (secondary N) is 2. The molecule has 0 saturated carbocycles. The van der Waals surface area contributed by atoms with Crippen molar-refractivity contribution in [3.63, 3.8) is 0 Å². The first-order chi connectivity index (χ1) is 8.81. The van der Waals surface area contributed by atoms with E-state index in [-0.39, 0.29) is 11.4 Å². The fraction of sp³-hybridized carbons (Fsp3) is 0.429. The zero-order chi connectivity index (χ0) is 14.5. The number of rotatable bonds is 4. The van der Waals surface area contributed by atoms with Gasteiger partial charge in [0.25, 0.3) is 0 Å². The van der Waals surface area contributed by atoms with Crippen LogP contribution in [-0.2, 0) is 4.79 Å². The molecule has 0 aliphatic heterocycles. The van der Waals surface area contributed by atoms with E-state index in [1.807, 2.05) is 32.9 Å². The quantitative estimate of drug-likeness (QED) is 0.895. The second-order valence-electron chi connectivity index (χ2n) is 5.28. The summed E-state index contributed by atoms with van der Waals surface area (Å²) in [6, 6.07) is 7.50. The lowest BCUT2D eigenvalue weighted by atomic mass is 10.1. The molecule has 5 heteroatoms. The number of nitriles is 1. The summed E-state index contributed by atoms with van der Waals surface area (Å²) in [5.74, 6) is -0.00601. The third-order valence-electron chi connectivity index (χ3n) is 2.28. The van der Waals surface area contributed by atoms with Crippen molar-refractivity contribution in [1.82, 2.24) is 5.32 Å². The Labute approximate surface area is 122 Å². The van der Waals surface area contributed by atoms with Gasteiger partial charge in [0.1, 0.15) is 6.07 Å². The first kappa shape index (κ1) is 15.5. The molecule has 0 unspecified atom stereocenters. The lowest BCUT2D eigenvalue weighted by Gasteiger charge is -2.20. The van der Waals surface area contributed by atoms with Gasteiger partial charge in [0, 0.05) is 23.0 Å². The maximum absolute atomic E-state index is 11.6. The van der Waals surface area contributed by atoms with Crippen molar-refractivity contribution >= 4 is 27.5 Å². The van der Waals surface area contributed by atoms with Gasteiger partial charge in [0.15, 0.2) is 0 Å². The molecule has 0 bridgehead atoms. The van der Waals surface area contributed by atoms with Crippen molar-refractivity contribution in [2.24, 2.45) is 0 Å². The molecule has 1 rings (SSSR count). The topological polar surface area (TPSA) is 64.9 Å². The summed E-state index contributed by atoms with van der Waals surface area (Å²) >= 11 is 3.36. The van der Waals surface area contributed by atoms with E-state index >= 15 is 0 Å². The zero-order valence-corrected chi connectivity index (χ0v) is 13.0. The number of carbonyl (C=O) groups excluding carboxylic acids is 1. The lowest BCUT2D eigenvalue weighted by Crippen LogP contribution is -2.41. The SMILES string of the molecule is CC(C)(C)NC(=O)CCNc1cc(Br)ccc1C#N. The first-order valence-electron chi connectivity index (χ1n) is 6.06. The lowest BCUT2D eigenvalue weighted by molar-refractivity contribution is -0.122. The molecule has 1 aromatic rings. The Hall–Kier alpha value is -1.54. The molecule has 102 valence electrons. The number of anilines is 1. The summed E-state index contributed by atoms with van der Waals surface area (Å²) < 4.78 is 0.896. The molecular weight excluding hydrogens is 306 g/mol. The Bertz CT molecular complexity index is 500. The second-order valence-corrected chi connectivity index (χ2v) is 6.19. The van der Waals surface area contributed by atoms with E-state index in [1.165, 1.54) is 0 Å². The molecule has 0 aliphatic carbocycles. The number of hydrogen-bond donors (Lipinski definition) is 2. The van der Waals surface area contributed by atoms with Crippen LogP contribution in [0.3, 0.4) is 0 Å². The normalized spacial score (nSPS) is 10.7. The van der Waals surface area contributed by atoms with Crippen LogP contribution in [0, 0.1) is 11.3 Å². The van der Waals surface area contributed by atoms with E-state index in [2.05, 4.69) is 32.6 Å². The van der Waals surface area contributed by atoms with Gasteiger partial charge in [0.05, 0.1) is 11.3 Å². The Kier molecular flexibility index (Phi) is 5.37. The molecule has 2 N–H and O–H groups in total. The number of carbonyl (C=O) groups is 1. The van der Waals surface area contributed by atoms with Crippen molar-refractivity contribution < 1.29 is 4.79 Å². The van der Waals surface area contributed by atoms with Crippen LogP contribution in [-0.4, -0.2) is 18.0 Å². The predicted molar refractivity (Wildman–Crippen MR) is 79.9 cm³/mol. The minimum atomic E-state index is -0.218. The van der Waals surface area contributed by atoms with Crippen LogP contribution in [0.5, 0.6) is 0 Å². The van der Waals surface area contributed by atoms with E-state index in [4.69, 9.17) is 5.26 Å². The van der Waals surface area contributed by atoms with Crippen molar-refractivity contribution in [2.75, 3.05) is 11.9 Å². The van der Waals surface area contributed by atoms with Crippen LogP contribution in [0.4, 0.5) is 5.69 Å². The summed E-state index contributed by atoms with van der Waals surface area (Å²) in [5, 5.41) is 15.0. The van der Waals surface area contributed by atoms with Gasteiger partial charge in [-0.2, -0.15) is 5.26 Å². The highest BCUT2D eigenvalue weighted by Crippen LogP contribution is 2.20. The highest BCUT2D eigenvalue weighted by Gasteiger charge is 2.13. The Morgan fingerprint density at radius 3 is 2.68 bits per heavy atom. The van der Waals surface area contributed by atoms with E-state index in [0.717, 1.165) is 10.2 Å². The maximum atomic E-state index is 11.6. The predicted octanol–water partition coefficient (Wildman–Crippen LogP) is 3.04. The Morgan fingerprint density at radius 1 is 1.42 bits per heavy atom. The molecule has 0 aromatic heterocycles. The van der Waals surface area contributed by atoms with Gasteiger partial charge in [-0.1, -0.05) is 15.9 Å². The average molecular weight is 324 g/mol. The number of nitrogens with zero attached hydrogens (tertiary/aromatic N) is 1. The molecule has 0 atom stereocenters. The average Bonchev–Trinajstić information content (AvgIpc) is 2.27. The van der Waals surface area contributed by atoms with Crippen LogP contribution in [0.1, 0.15) is 32.8 Å². The number of benzene rings is 1. The second kappa shape index (κ2) is 6.58. The minimum Gasteiger partial charge on any atom is -0.383 e. The number of hydrogen-bond acceptors (Lipinski definition) is 3. The van der Waals surface area contributed by atoms with Crippen molar-refractivity contribution in [2.45, 2.75) is 32.7 Å². The fourth-order valence-electron chi connectivity index (χ4n) is 1.55. The molecule has 0 radical (unpaired) electrons. The summed E-state index contributed by atoms with van der Waals surface area (Å²) in [5.41, 5.74) is 1.09. The third kappa shape index (κ3) is 5.75. The van der Waals surface area contributed by atoms with Crippen molar-refractivity contribution in [1.29, 1.82) is 5.26 Å². The van der Waals surface area contributed by atoms with E-state index in [0.29, 0.717) is 18.5 Å². The molecule has 0 fully saturated rings. The monoisotopic (exact) mass is 323 g/mol. The van der Waals surface area contributed by atoms with Crippen LogP contribution in [0.25, 0.3) is 0 Å². The fourth-order valence-corrected chi connectivity index (χ4v) is 1.91. The van der Waals surface area contributed by atoms with Gasteiger partial charge >= 0.3 is 0 Å². The van der Waals surface area contributed by atoms with Crippen LogP contribution < -0.4 is 10.6 Å². The molecule has 0 spiro atoms. The maximum Gasteiger partial charge on any atom is 0.222 e. The highest BCUT2D eigenvalue weighted by atomic mass is 79.9. The summed E-state index contributed by atoms with van der Waals surface area (Å²) in [6.07, 6.45) is 0.370.